The SMILES string of the molecule is COc1ccc(C)c([C@@H](N)C(=O)O)c1. The number of ether oxygens (including phenoxy) is 1. The summed E-state index contributed by atoms with van der Waals surface area (Å²) >= 11 is 0. The largest absolute Gasteiger partial charge is 0.497 e. The molecule has 0 aromatic heterocycles. The summed E-state index contributed by atoms with van der Waals surface area (Å²) in [6, 6.07) is 4.21. The van der Waals surface area contributed by atoms with Gasteiger partial charge in [0.05, 0.1) is 7.11 Å². The monoisotopic (exact) mass is 195 g/mol. The van der Waals surface area contributed by atoms with Crippen molar-refractivity contribution in [3.8, 4) is 5.75 Å². The van der Waals surface area contributed by atoms with Gasteiger partial charge in [-0.25, -0.2) is 0 Å². The number of carbonyl (C=O) groups is 1. The molecule has 1 aromatic rings. The second-order valence-corrected chi connectivity index (χ2v) is 3.04. The van der Waals surface area contributed by atoms with Crippen molar-refractivity contribution in [3.05, 3.63) is 29.3 Å². The van der Waals surface area contributed by atoms with Crippen LogP contribution in [0.1, 0.15) is 17.2 Å². The minimum absolute atomic E-state index is 0.580. The first kappa shape index (κ1) is 10.5. The molecule has 14 heavy (non-hydrogen) atoms. The second kappa shape index (κ2) is 4.11. The number of benzene rings is 1. The Bertz CT molecular complexity index is 349. The third kappa shape index (κ3) is 2.03. The van der Waals surface area contributed by atoms with E-state index >= 15 is 0 Å². The molecule has 0 aliphatic rings. The van der Waals surface area contributed by atoms with E-state index in [-0.39, 0.29) is 0 Å². The number of hydrogen-bond acceptors (Lipinski definition) is 3. The van der Waals surface area contributed by atoms with E-state index in [1.54, 1.807) is 18.2 Å². The van der Waals surface area contributed by atoms with Gasteiger partial charge in [0, 0.05) is 0 Å². The van der Waals surface area contributed by atoms with Crippen LogP contribution in [0.3, 0.4) is 0 Å². The summed E-state index contributed by atoms with van der Waals surface area (Å²) < 4.78 is 4.99. The minimum atomic E-state index is -1.04. The molecule has 0 aliphatic carbocycles. The first-order valence-electron chi connectivity index (χ1n) is 4.19. The van der Waals surface area contributed by atoms with Crippen LogP contribution in [0.4, 0.5) is 0 Å². The molecule has 1 aromatic carbocycles. The van der Waals surface area contributed by atoms with Crippen LogP contribution in [-0.4, -0.2) is 18.2 Å². The summed E-state index contributed by atoms with van der Waals surface area (Å²) in [6.07, 6.45) is 0. The molecule has 0 saturated carbocycles. The molecule has 0 fully saturated rings. The first-order chi connectivity index (χ1) is 6.56. The summed E-state index contributed by atoms with van der Waals surface area (Å²) in [4.78, 5) is 10.7. The Labute approximate surface area is 82.3 Å². The number of hydrogen-bond donors (Lipinski definition) is 2. The normalized spacial score (nSPS) is 12.2. The third-order valence-corrected chi connectivity index (χ3v) is 2.09. The smallest absolute Gasteiger partial charge is 0.325 e. The van der Waals surface area contributed by atoms with E-state index in [1.165, 1.54) is 7.11 Å². The van der Waals surface area contributed by atoms with Crippen molar-refractivity contribution in [1.29, 1.82) is 0 Å². The van der Waals surface area contributed by atoms with Crippen molar-refractivity contribution in [2.75, 3.05) is 7.11 Å². The van der Waals surface area contributed by atoms with Crippen molar-refractivity contribution in [1.82, 2.24) is 0 Å². The van der Waals surface area contributed by atoms with Crippen LogP contribution in [0.2, 0.25) is 0 Å². The fourth-order valence-corrected chi connectivity index (χ4v) is 1.21. The Morgan fingerprint density at radius 2 is 2.21 bits per heavy atom. The summed E-state index contributed by atoms with van der Waals surface area (Å²) in [5.41, 5.74) is 6.94. The van der Waals surface area contributed by atoms with Gasteiger partial charge < -0.3 is 15.6 Å². The lowest BCUT2D eigenvalue weighted by Crippen LogP contribution is -2.21. The standard InChI is InChI=1S/C10H13NO3/c1-6-3-4-7(14-2)5-8(6)9(11)10(12)13/h3-5,9H,11H2,1-2H3,(H,12,13)/t9-/m1/s1. The Kier molecular flexibility index (Phi) is 3.09. The lowest BCUT2D eigenvalue weighted by atomic mass is 10.0. The van der Waals surface area contributed by atoms with Gasteiger partial charge in [0.2, 0.25) is 0 Å². The average molecular weight is 195 g/mol. The summed E-state index contributed by atoms with van der Waals surface area (Å²) in [5, 5.41) is 8.76. The molecule has 0 radical (unpaired) electrons. The molecule has 1 rings (SSSR count). The van der Waals surface area contributed by atoms with Gasteiger partial charge in [-0.15, -0.1) is 0 Å². The molecule has 0 spiro atoms. The number of methoxy groups -OCH3 is 1. The number of aliphatic carboxylic acids is 1. The molecule has 0 heterocycles. The highest BCUT2D eigenvalue weighted by Crippen LogP contribution is 2.21. The maximum absolute atomic E-state index is 10.7. The average Bonchev–Trinajstić information content (AvgIpc) is 2.17. The quantitative estimate of drug-likeness (QED) is 0.757. The van der Waals surface area contributed by atoms with E-state index in [4.69, 9.17) is 15.6 Å². The Morgan fingerprint density at radius 1 is 1.57 bits per heavy atom. The lowest BCUT2D eigenvalue weighted by Gasteiger charge is -2.11. The van der Waals surface area contributed by atoms with Gasteiger partial charge in [-0.3, -0.25) is 4.79 Å². The van der Waals surface area contributed by atoms with Gasteiger partial charge in [0.15, 0.2) is 0 Å². The van der Waals surface area contributed by atoms with Crippen molar-refractivity contribution in [2.24, 2.45) is 5.73 Å². The number of nitrogens with two attached hydrogens (primary N) is 1. The maximum Gasteiger partial charge on any atom is 0.325 e. The van der Waals surface area contributed by atoms with Crippen LogP contribution in [0.15, 0.2) is 18.2 Å². The number of carboxylic acid groups (broad SMARTS) is 1. The predicted octanol–water partition coefficient (Wildman–Crippen LogP) is 1.09. The molecule has 76 valence electrons. The van der Waals surface area contributed by atoms with Gasteiger partial charge >= 0.3 is 5.97 Å². The minimum Gasteiger partial charge on any atom is -0.497 e. The molecule has 0 amide bonds. The van der Waals surface area contributed by atoms with Gasteiger partial charge in [0.25, 0.3) is 0 Å². The third-order valence-electron chi connectivity index (χ3n) is 2.09. The number of rotatable bonds is 3. The molecular weight excluding hydrogens is 182 g/mol. The van der Waals surface area contributed by atoms with Crippen molar-refractivity contribution in [2.45, 2.75) is 13.0 Å². The highest BCUT2D eigenvalue weighted by atomic mass is 16.5. The highest BCUT2D eigenvalue weighted by molar-refractivity contribution is 5.76. The second-order valence-electron chi connectivity index (χ2n) is 3.04. The fourth-order valence-electron chi connectivity index (χ4n) is 1.21. The van der Waals surface area contributed by atoms with Gasteiger partial charge in [-0.2, -0.15) is 0 Å². The number of aryl methyl sites for hydroxylation is 1. The molecule has 3 N–H and O–H groups in total. The summed E-state index contributed by atoms with van der Waals surface area (Å²) in [5.74, 6) is -0.427. The van der Waals surface area contributed by atoms with Gasteiger partial charge in [-0.05, 0) is 30.2 Å². The van der Waals surface area contributed by atoms with Crippen molar-refractivity contribution in [3.63, 3.8) is 0 Å². The van der Waals surface area contributed by atoms with Gasteiger partial charge in [-0.1, -0.05) is 6.07 Å². The Balaban J connectivity index is 3.11. The van der Waals surface area contributed by atoms with E-state index in [2.05, 4.69) is 0 Å². The topological polar surface area (TPSA) is 72.5 Å². The van der Waals surface area contributed by atoms with Crippen LogP contribution in [0.5, 0.6) is 5.75 Å². The van der Waals surface area contributed by atoms with Crippen molar-refractivity contribution < 1.29 is 14.6 Å². The molecular formula is C10H13NO3. The Hall–Kier alpha value is -1.55. The summed E-state index contributed by atoms with van der Waals surface area (Å²) in [7, 11) is 1.53. The lowest BCUT2D eigenvalue weighted by molar-refractivity contribution is -0.138. The van der Waals surface area contributed by atoms with E-state index in [0.29, 0.717) is 11.3 Å². The van der Waals surface area contributed by atoms with Crippen LogP contribution in [-0.2, 0) is 4.79 Å². The molecule has 0 bridgehead atoms. The van der Waals surface area contributed by atoms with Crippen LogP contribution in [0.25, 0.3) is 0 Å². The predicted molar refractivity (Wildman–Crippen MR) is 52.3 cm³/mol. The molecule has 0 unspecified atom stereocenters. The highest BCUT2D eigenvalue weighted by Gasteiger charge is 2.16. The van der Waals surface area contributed by atoms with Crippen molar-refractivity contribution >= 4 is 5.97 Å². The zero-order chi connectivity index (χ0) is 10.7. The number of carboxylic acids is 1. The van der Waals surface area contributed by atoms with E-state index in [9.17, 15) is 4.79 Å². The summed E-state index contributed by atoms with van der Waals surface area (Å²) in [6.45, 7) is 1.82. The first-order valence-corrected chi connectivity index (χ1v) is 4.19. The fraction of sp³-hybridized carbons (Fsp3) is 0.300. The molecule has 0 saturated heterocycles. The maximum atomic E-state index is 10.7. The molecule has 4 heteroatoms. The Morgan fingerprint density at radius 3 is 2.71 bits per heavy atom. The van der Waals surface area contributed by atoms with E-state index < -0.39 is 12.0 Å². The van der Waals surface area contributed by atoms with E-state index in [0.717, 1.165) is 5.56 Å². The van der Waals surface area contributed by atoms with Crippen LogP contribution in [0, 0.1) is 6.92 Å². The molecule has 1 atom stereocenters. The molecule has 4 nitrogen and oxygen atoms in total. The zero-order valence-corrected chi connectivity index (χ0v) is 8.15. The molecule has 0 aliphatic heterocycles. The zero-order valence-electron chi connectivity index (χ0n) is 8.15. The van der Waals surface area contributed by atoms with Crippen LogP contribution >= 0.6 is 0 Å². The van der Waals surface area contributed by atoms with Gasteiger partial charge in [0.1, 0.15) is 11.8 Å². The van der Waals surface area contributed by atoms with E-state index in [1.807, 2.05) is 6.92 Å². The van der Waals surface area contributed by atoms with Crippen LogP contribution < -0.4 is 10.5 Å².